The fourth-order valence-electron chi connectivity index (χ4n) is 2.54. The van der Waals surface area contributed by atoms with E-state index in [1.165, 1.54) is 19.2 Å². The van der Waals surface area contributed by atoms with Gasteiger partial charge in [-0.15, -0.1) is 0 Å². The number of carboxylic acid groups (broad SMARTS) is 1. The highest BCUT2D eigenvalue weighted by Gasteiger charge is 2.26. The minimum atomic E-state index is -0.727. The number of rotatable bonds is 5. The lowest BCUT2D eigenvalue weighted by Gasteiger charge is -2.26. The van der Waals surface area contributed by atoms with Crippen LogP contribution in [0.4, 0.5) is 4.39 Å². The smallest absolute Gasteiger partial charge is 0.306 e. The van der Waals surface area contributed by atoms with Crippen LogP contribution in [0.25, 0.3) is 0 Å². The summed E-state index contributed by atoms with van der Waals surface area (Å²) in [7, 11) is 1.54. The quantitative estimate of drug-likeness (QED) is 0.902. The molecule has 1 N–H and O–H groups in total. The summed E-state index contributed by atoms with van der Waals surface area (Å²) in [4.78, 5) is 10.9. The lowest BCUT2D eigenvalue weighted by Crippen LogP contribution is -2.26. The highest BCUT2D eigenvalue weighted by atomic mass is 19.1. The van der Waals surface area contributed by atoms with E-state index in [4.69, 9.17) is 14.6 Å². The molecule has 0 atom stereocenters. The van der Waals surface area contributed by atoms with E-state index in [0.29, 0.717) is 24.2 Å². The Balaban J connectivity index is 1.87. The molecule has 1 aromatic carbocycles. The molecule has 1 aliphatic carbocycles. The summed E-state index contributed by atoms with van der Waals surface area (Å²) in [5.74, 6) is -0.696. The van der Waals surface area contributed by atoms with Crippen molar-refractivity contribution in [2.75, 3.05) is 7.11 Å². The van der Waals surface area contributed by atoms with Crippen molar-refractivity contribution in [2.45, 2.75) is 38.4 Å². The summed E-state index contributed by atoms with van der Waals surface area (Å²) in [5, 5.41) is 8.93. The van der Waals surface area contributed by atoms with Crippen molar-refractivity contribution < 1.29 is 23.8 Å². The van der Waals surface area contributed by atoms with Gasteiger partial charge >= 0.3 is 5.97 Å². The minimum absolute atomic E-state index is 0.0403. The molecule has 0 heterocycles. The van der Waals surface area contributed by atoms with Crippen molar-refractivity contribution in [1.82, 2.24) is 0 Å². The van der Waals surface area contributed by atoms with E-state index in [9.17, 15) is 9.18 Å². The molecular formula is C15H19FO4. The average Bonchev–Trinajstić information content (AvgIpc) is 2.45. The number of aliphatic carboxylic acids is 1. The molecule has 1 fully saturated rings. The monoisotopic (exact) mass is 282 g/mol. The maximum absolute atomic E-state index is 13.2. The summed E-state index contributed by atoms with van der Waals surface area (Å²) in [5.41, 5.74) is 0.674. The first-order valence-corrected chi connectivity index (χ1v) is 6.77. The van der Waals surface area contributed by atoms with Crippen molar-refractivity contribution >= 4 is 5.97 Å². The predicted molar refractivity (Wildman–Crippen MR) is 71.1 cm³/mol. The summed E-state index contributed by atoms with van der Waals surface area (Å²) >= 11 is 0. The number of carboxylic acids is 1. The minimum Gasteiger partial charge on any atom is -0.496 e. The van der Waals surface area contributed by atoms with Crippen LogP contribution in [0, 0.1) is 11.7 Å². The Morgan fingerprint density at radius 1 is 1.35 bits per heavy atom. The second kappa shape index (κ2) is 6.70. The summed E-state index contributed by atoms with van der Waals surface area (Å²) < 4.78 is 24.1. The number of methoxy groups -OCH3 is 1. The second-order valence-electron chi connectivity index (χ2n) is 5.08. The Kier molecular flexibility index (Phi) is 4.95. The van der Waals surface area contributed by atoms with Gasteiger partial charge in [0.2, 0.25) is 0 Å². The van der Waals surface area contributed by atoms with E-state index in [-0.39, 0.29) is 24.4 Å². The largest absolute Gasteiger partial charge is 0.496 e. The van der Waals surface area contributed by atoms with Gasteiger partial charge in [-0.1, -0.05) is 0 Å². The normalized spacial score (nSPS) is 22.5. The average molecular weight is 282 g/mol. The molecule has 0 aromatic heterocycles. The van der Waals surface area contributed by atoms with Crippen molar-refractivity contribution in [1.29, 1.82) is 0 Å². The molecule has 5 heteroatoms. The third-order valence-corrected chi connectivity index (χ3v) is 3.74. The Morgan fingerprint density at radius 3 is 2.65 bits per heavy atom. The van der Waals surface area contributed by atoms with E-state index in [1.54, 1.807) is 6.07 Å². The van der Waals surface area contributed by atoms with Crippen LogP contribution in [0.15, 0.2) is 18.2 Å². The first kappa shape index (κ1) is 14.8. The summed E-state index contributed by atoms with van der Waals surface area (Å²) in [6.45, 7) is 0.281. The molecule has 1 aliphatic rings. The fourth-order valence-corrected chi connectivity index (χ4v) is 2.54. The lowest BCUT2D eigenvalue weighted by molar-refractivity contribution is -0.143. The molecule has 0 spiro atoms. The Hall–Kier alpha value is -1.62. The van der Waals surface area contributed by atoms with E-state index in [1.807, 2.05) is 0 Å². The van der Waals surface area contributed by atoms with E-state index >= 15 is 0 Å². The Morgan fingerprint density at radius 2 is 2.05 bits per heavy atom. The molecule has 4 nitrogen and oxygen atoms in total. The van der Waals surface area contributed by atoms with Gasteiger partial charge in [-0.25, -0.2) is 4.39 Å². The van der Waals surface area contributed by atoms with Gasteiger partial charge in [0.15, 0.2) is 0 Å². The molecule has 0 aliphatic heterocycles. The van der Waals surface area contributed by atoms with Crippen molar-refractivity contribution in [3.8, 4) is 5.75 Å². The Labute approximate surface area is 117 Å². The van der Waals surface area contributed by atoms with Gasteiger partial charge in [-0.2, -0.15) is 0 Å². The zero-order valence-corrected chi connectivity index (χ0v) is 11.5. The van der Waals surface area contributed by atoms with Crippen LogP contribution < -0.4 is 4.74 Å². The van der Waals surface area contributed by atoms with Crippen molar-refractivity contribution in [2.24, 2.45) is 5.92 Å². The number of carbonyl (C=O) groups is 1. The van der Waals surface area contributed by atoms with E-state index in [2.05, 4.69) is 0 Å². The molecule has 20 heavy (non-hydrogen) atoms. The van der Waals surface area contributed by atoms with Gasteiger partial charge in [0, 0.05) is 5.56 Å². The summed E-state index contributed by atoms with van der Waals surface area (Å²) in [6.07, 6.45) is 2.78. The van der Waals surface area contributed by atoms with Gasteiger partial charge < -0.3 is 14.6 Å². The van der Waals surface area contributed by atoms with Crippen LogP contribution in [-0.2, 0) is 16.1 Å². The molecule has 0 bridgehead atoms. The molecule has 1 saturated carbocycles. The molecule has 0 unspecified atom stereocenters. The molecule has 1 aromatic rings. The fraction of sp³-hybridized carbons (Fsp3) is 0.533. The van der Waals surface area contributed by atoms with Gasteiger partial charge in [-0.05, 0) is 43.9 Å². The number of halogens is 1. The predicted octanol–water partition coefficient (Wildman–Crippen LogP) is 2.99. The van der Waals surface area contributed by atoms with E-state index < -0.39 is 5.97 Å². The highest BCUT2D eigenvalue weighted by Crippen LogP contribution is 2.28. The number of benzene rings is 1. The van der Waals surface area contributed by atoms with Crippen LogP contribution in [-0.4, -0.2) is 24.3 Å². The first-order valence-electron chi connectivity index (χ1n) is 6.77. The van der Waals surface area contributed by atoms with Crippen LogP contribution in [0.1, 0.15) is 31.2 Å². The zero-order chi connectivity index (χ0) is 14.5. The van der Waals surface area contributed by atoms with Gasteiger partial charge in [0.25, 0.3) is 0 Å². The van der Waals surface area contributed by atoms with Crippen molar-refractivity contribution in [3.05, 3.63) is 29.6 Å². The van der Waals surface area contributed by atoms with Crippen LogP contribution in [0.3, 0.4) is 0 Å². The van der Waals surface area contributed by atoms with Crippen LogP contribution in [0.5, 0.6) is 5.75 Å². The summed E-state index contributed by atoms with van der Waals surface area (Å²) in [6, 6.07) is 4.33. The molecule has 0 radical (unpaired) electrons. The third-order valence-electron chi connectivity index (χ3n) is 3.74. The van der Waals surface area contributed by atoms with Crippen LogP contribution >= 0.6 is 0 Å². The topological polar surface area (TPSA) is 55.8 Å². The first-order chi connectivity index (χ1) is 9.60. The van der Waals surface area contributed by atoms with E-state index in [0.717, 1.165) is 12.8 Å². The van der Waals surface area contributed by atoms with Gasteiger partial charge in [-0.3, -0.25) is 4.79 Å². The maximum Gasteiger partial charge on any atom is 0.306 e. The second-order valence-corrected chi connectivity index (χ2v) is 5.08. The molecule has 0 amide bonds. The number of ether oxygens (including phenoxy) is 2. The molecule has 110 valence electrons. The maximum atomic E-state index is 13.2. The molecular weight excluding hydrogens is 263 g/mol. The molecule has 0 saturated heterocycles. The number of hydrogen-bond acceptors (Lipinski definition) is 3. The van der Waals surface area contributed by atoms with Gasteiger partial charge in [0.1, 0.15) is 11.6 Å². The number of hydrogen-bond donors (Lipinski definition) is 1. The highest BCUT2D eigenvalue weighted by molar-refractivity contribution is 5.70. The zero-order valence-electron chi connectivity index (χ0n) is 11.5. The SMILES string of the molecule is COc1ccc(F)cc1COC1CCC(C(=O)O)CC1. The Bertz CT molecular complexity index is 467. The third kappa shape index (κ3) is 3.70. The standard InChI is InChI=1S/C15H19FO4/c1-19-14-7-4-12(16)8-11(14)9-20-13-5-2-10(3-6-13)15(17)18/h4,7-8,10,13H,2-3,5-6,9H2,1H3,(H,17,18). The molecule has 2 rings (SSSR count). The van der Waals surface area contributed by atoms with Crippen molar-refractivity contribution in [3.63, 3.8) is 0 Å². The lowest BCUT2D eigenvalue weighted by atomic mass is 9.87. The van der Waals surface area contributed by atoms with Crippen LogP contribution in [0.2, 0.25) is 0 Å². The van der Waals surface area contributed by atoms with Gasteiger partial charge in [0.05, 0.1) is 25.7 Å².